The summed E-state index contributed by atoms with van der Waals surface area (Å²) in [6.07, 6.45) is 1.06. The summed E-state index contributed by atoms with van der Waals surface area (Å²) >= 11 is 0. The fourth-order valence-corrected chi connectivity index (χ4v) is 2.04. The Morgan fingerprint density at radius 2 is 1.67 bits per heavy atom. The zero-order chi connectivity index (χ0) is 12.8. The second kappa shape index (κ2) is 6.22. The molecule has 0 aliphatic rings. The quantitative estimate of drug-likeness (QED) is 0.837. The van der Waals surface area contributed by atoms with Crippen LogP contribution in [0.3, 0.4) is 0 Å². The lowest BCUT2D eigenvalue weighted by Crippen LogP contribution is -2.20. The van der Waals surface area contributed by atoms with Gasteiger partial charge in [0, 0.05) is 12.6 Å². The van der Waals surface area contributed by atoms with E-state index < -0.39 is 0 Å². The Morgan fingerprint density at radius 1 is 1.00 bits per heavy atom. The average molecular weight is 241 g/mol. The molecule has 18 heavy (non-hydrogen) atoms. The Morgan fingerprint density at radius 3 is 2.28 bits per heavy atom. The zero-order valence-electron chi connectivity index (χ0n) is 10.6. The summed E-state index contributed by atoms with van der Waals surface area (Å²) in [5.41, 5.74) is 2.50. The predicted molar refractivity (Wildman–Crippen MR) is 74.4 cm³/mol. The van der Waals surface area contributed by atoms with Crippen molar-refractivity contribution in [2.24, 2.45) is 0 Å². The fraction of sp³-hybridized carbons (Fsp3) is 0.250. The van der Waals surface area contributed by atoms with Crippen molar-refractivity contribution in [2.75, 3.05) is 0 Å². The van der Waals surface area contributed by atoms with Crippen LogP contribution in [0, 0.1) is 0 Å². The number of aromatic hydroxyl groups is 1. The monoisotopic (exact) mass is 241 g/mol. The average Bonchev–Trinajstić information content (AvgIpc) is 2.43. The van der Waals surface area contributed by atoms with Gasteiger partial charge in [-0.15, -0.1) is 0 Å². The standard InChI is InChI=1S/C16H19NO/c1-2-16(14-6-4-3-5-7-14)17-12-13-8-10-15(18)11-9-13/h3-11,16-18H,2,12H2,1H3. The minimum Gasteiger partial charge on any atom is -0.508 e. The second-order valence-corrected chi connectivity index (χ2v) is 4.42. The summed E-state index contributed by atoms with van der Waals surface area (Å²) in [4.78, 5) is 0. The highest BCUT2D eigenvalue weighted by atomic mass is 16.3. The van der Waals surface area contributed by atoms with Gasteiger partial charge in [0.1, 0.15) is 5.75 Å². The molecular weight excluding hydrogens is 222 g/mol. The molecule has 0 saturated carbocycles. The first kappa shape index (κ1) is 12.7. The molecule has 0 heterocycles. The van der Waals surface area contributed by atoms with Gasteiger partial charge in [-0.2, -0.15) is 0 Å². The molecule has 0 aromatic heterocycles. The lowest BCUT2D eigenvalue weighted by atomic mass is 10.0. The van der Waals surface area contributed by atoms with E-state index in [2.05, 4.69) is 36.5 Å². The van der Waals surface area contributed by atoms with E-state index in [9.17, 15) is 5.11 Å². The highest BCUT2D eigenvalue weighted by molar-refractivity contribution is 5.26. The minimum atomic E-state index is 0.314. The van der Waals surface area contributed by atoms with Gasteiger partial charge in [0.25, 0.3) is 0 Å². The van der Waals surface area contributed by atoms with E-state index in [1.807, 2.05) is 18.2 Å². The minimum absolute atomic E-state index is 0.314. The summed E-state index contributed by atoms with van der Waals surface area (Å²) in [5.74, 6) is 0.314. The van der Waals surface area contributed by atoms with Crippen LogP contribution in [0.15, 0.2) is 54.6 Å². The zero-order valence-corrected chi connectivity index (χ0v) is 10.6. The van der Waals surface area contributed by atoms with Crippen molar-refractivity contribution in [1.82, 2.24) is 5.32 Å². The molecule has 2 N–H and O–H groups in total. The van der Waals surface area contributed by atoms with E-state index in [0.717, 1.165) is 13.0 Å². The molecule has 1 atom stereocenters. The molecule has 94 valence electrons. The summed E-state index contributed by atoms with van der Waals surface area (Å²) in [5, 5.41) is 12.8. The largest absolute Gasteiger partial charge is 0.508 e. The third kappa shape index (κ3) is 3.34. The van der Waals surface area contributed by atoms with Crippen LogP contribution in [0.4, 0.5) is 0 Å². The lowest BCUT2D eigenvalue weighted by Gasteiger charge is -2.17. The van der Waals surface area contributed by atoms with Crippen molar-refractivity contribution in [3.8, 4) is 5.75 Å². The van der Waals surface area contributed by atoms with Crippen LogP contribution in [-0.4, -0.2) is 5.11 Å². The summed E-state index contributed by atoms with van der Waals surface area (Å²) < 4.78 is 0. The Balaban J connectivity index is 1.97. The summed E-state index contributed by atoms with van der Waals surface area (Å²) in [6.45, 7) is 3.00. The molecule has 0 spiro atoms. The highest BCUT2D eigenvalue weighted by Gasteiger charge is 2.07. The Bertz CT molecular complexity index is 464. The number of rotatable bonds is 5. The molecular formula is C16H19NO. The van der Waals surface area contributed by atoms with Crippen LogP contribution in [0.1, 0.15) is 30.5 Å². The first-order chi connectivity index (χ1) is 8.79. The SMILES string of the molecule is CCC(NCc1ccc(O)cc1)c1ccccc1. The van der Waals surface area contributed by atoms with Crippen LogP contribution in [0.25, 0.3) is 0 Å². The molecule has 2 nitrogen and oxygen atoms in total. The normalized spacial score (nSPS) is 12.3. The molecule has 0 saturated heterocycles. The number of phenolic OH excluding ortho intramolecular Hbond substituents is 1. The molecule has 0 aliphatic carbocycles. The molecule has 0 aliphatic heterocycles. The van der Waals surface area contributed by atoms with E-state index in [1.54, 1.807) is 12.1 Å². The molecule has 2 aromatic carbocycles. The smallest absolute Gasteiger partial charge is 0.115 e. The first-order valence-electron chi connectivity index (χ1n) is 6.36. The highest BCUT2D eigenvalue weighted by Crippen LogP contribution is 2.17. The van der Waals surface area contributed by atoms with Crippen molar-refractivity contribution < 1.29 is 5.11 Å². The van der Waals surface area contributed by atoms with Gasteiger partial charge < -0.3 is 10.4 Å². The van der Waals surface area contributed by atoms with Crippen molar-refractivity contribution in [1.29, 1.82) is 0 Å². The van der Waals surface area contributed by atoms with Gasteiger partial charge in [-0.1, -0.05) is 49.4 Å². The maximum atomic E-state index is 9.24. The van der Waals surface area contributed by atoms with Crippen molar-refractivity contribution >= 4 is 0 Å². The van der Waals surface area contributed by atoms with Crippen LogP contribution in [0.5, 0.6) is 5.75 Å². The fourth-order valence-electron chi connectivity index (χ4n) is 2.04. The first-order valence-corrected chi connectivity index (χ1v) is 6.36. The van der Waals surface area contributed by atoms with Crippen molar-refractivity contribution in [3.05, 3.63) is 65.7 Å². The molecule has 0 radical (unpaired) electrons. The molecule has 2 aromatic rings. The van der Waals surface area contributed by atoms with E-state index in [4.69, 9.17) is 0 Å². The van der Waals surface area contributed by atoms with E-state index in [-0.39, 0.29) is 0 Å². The molecule has 0 amide bonds. The van der Waals surface area contributed by atoms with Gasteiger partial charge in [0.05, 0.1) is 0 Å². The van der Waals surface area contributed by atoms with Gasteiger partial charge in [-0.05, 0) is 29.7 Å². The number of phenols is 1. The topological polar surface area (TPSA) is 32.3 Å². The molecule has 0 fully saturated rings. The Labute approximate surface area is 108 Å². The van der Waals surface area contributed by atoms with Gasteiger partial charge in [0.15, 0.2) is 0 Å². The number of hydrogen-bond donors (Lipinski definition) is 2. The van der Waals surface area contributed by atoms with Gasteiger partial charge >= 0.3 is 0 Å². The third-order valence-electron chi connectivity index (χ3n) is 3.10. The lowest BCUT2D eigenvalue weighted by molar-refractivity contribution is 0.474. The van der Waals surface area contributed by atoms with Gasteiger partial charge in [-0.3, -0.25) is 0 Å². The van der Waals surface area contributed by atoms with Crippen LogP contribution in [0.2, 0.25) is 0 Å². The van der Waals surface area contributed by atoms with E-state index in [1.165, 1.54) is 11.1 Å². The predicted octanol–water partition coefficient (Wildman–Crippen LogP) is 3.63. The second-order valence-electron chi connectivity index (χ2n) is 4.42. The van der Waals surface area contributed by atoms with E-state index >= 15 is 0 Å². The maximum Gasteiger partial charge on any atom is 0.115 e. The van der Waals surface area contributed by atoms with Crippen LogP contribution in [-0.2, 0) is 6.54 Å². The van der Waals surface area contributed by atoms with Crippen LogP contribution < -0.4 is 5.32 Å². The third-order valence-corrected chi connectivity index (χ3v) is 3.10. The molecule has 2 heteroatoms. The van der Waals surface area contributed by atoms with Gasteiger partial charge in [0.2, 0.25) is 0 Å². The van der Waals surface area contributed by atoms with Crippen molar-refractivity contribution in [2.45, 2.75) is 25.9 Å². The molecule has 2 rings (SSSR count). The Hall–Kier alpha value is -1.80. The number of nitrogens with one attached hydrogen (secondary N) is 1. The van der Waals surface area contributed by atoms with E-state index in [0.29, 0.717) is 11.8 Å². The summed E-state index contributed by atoms with van der Waals surface area (Å²) in [7, 11) is 0. The number of hydrogen-bond acceptors (Lipinski definition) is 2. The summed E-state index contributed by atoms with van der Waals surface area (Å²) in [6, 6.07) is 18.2. The van der Waals surface area contributed by atoms with Crippen LogP contribution >= 0.6 is 0 Å². The van der Waals surface area contributed by atoms with Crippen molar-refractivity contribution in [3.63, 3.8) is 0 Å². The number of benzene rings is 2. The van der Waals surface area contributed by atoms with Gasteiger partial charge in [-0.25, -0.2) is 0 Å². The maximum absolute atomic E-state index is 9.24. The Kier molecular flexibility index (Phi) is 4.37. The molecule has 1 unspecified atom stereocenters. The molecule has 0 bridgehead atoms.